The molecule has 2 N–H and O–H groups in total. The molecule has 8 heteroatoms. The van der Waals surface area contributed by atoms with Crippen LogP contribution < -0.4 is 10.1 Å². The van der Waals surface area contributed by atoms with E-state index in [2.05, 4.69) is 5.32 Å². The fourth-order valence-corrected chi connectivity index (χ4v) is 3.55. The van der Waals surface area contributed by atoms with Crippen LogP contribution in [0.3, 0.4) is 0 Å². The lowest BCUT2D eigenvalue weighted by molar-refractivity contribution is -0.153. The molecule has 1 aliphatic heterocycles. The summed E-state index contributed by atoms with van der Waals surface area (Å²) in [7, 11) is 0. The van der Waals surface area contributed by atoms with Gasteiger partial charge < -0.3 is 19.9 Å². The molecule has 1 atom stereocenters. The minimum atomic E-state index is -1.03. The molecule has 6 nitrogen and oxygen atoms in total. The van der Waals surface area contributed by atoms with Crippen LogP contribution in [0.1, 0.15) is 40.9 Å². The number of carbonyl (C=O) groups is 2. The number of ether oxygens (including phenoxy) is 2. The molecule has 0 saturated carbocycles. The number of amides is 1. The summed E-state index contributed by atoms with van der Waals surface area (Å²) in [4.78, 5) is 23.9. The van der Waals surface area contributed by atoms with Crippen molar-refractivity contribution in [2.75, 3.05) is 6.61 Å². The molecule has 0 saturated heterocycles. The van der Waals surface area contributed by atoms with Gasteiger partial charge >= 0.3 is 5.97 Å². The van der Waals surface area contributed by atoms with Gasteiger partial charge in [0.25, 0.3) is 5.91 Å². The Morgan fingerprint density at radius 3 is 2.73 bits per heavy atom. The summed E-state index contributed by atoms with van der Waals surface area (Å²) in [6.45, 7) is 4.18. The molecular weight excluding hydrogens is 413 g/mol. The minimum Gasteiger partial charge on any atom is -0.493 e. The molecule has 1 heterocycles. The lowest BCUT2D eigenvalue weighted by Crippen LogP contribution is -2.29. The number of carbonyl (C=O) groups excluding carboxylic acids is 1. The second-order valence-electron chi connectivity index (χ2n) is 7.36. The van der Waals surface area contributed by atoms with E-state index in [9.17, 15) is 19.1 Å². The van der Waals surface area contributed by atoms with Gasteiger partial charge in [0.1, 0.15) is 11.6 Å². The van der Waals surface area contributed by atoms with Gasteiger partial charge in [0, 0.05) is 30.0 Å². The molecule has 1 aliphatic rings. The summed E-state index contributed by atoms with van der Waals surface area (Å²) in [6, 6.07) is 7.56. The van der Waals surface area contributed by atoms with Gasteiger partial charge in [-0.25, -0.2) is 9.18 Å². The lowest BCUT2D eigenvalue weighted by atomic mass is 9.99. The first kappa shape index (κ1) is 22.1. The van der Waals surface area contributed by atoms with Crippen molar-refractivity contribution < 1.29 is 28.6 Å². The second-order valence-corrected chi connectivity index (χ2v) is 7.80. The average Bonchev–Trinajstić information content (AvgIpc) is 3.13. The van der Waals surface area contributed by atoms with E-state index >= 15 is 0 Å². The van der Waals surface area contributed by atoms with Gasteiger partial charge in [0.15, 0.2) is 6.10 Å². The SMILES string of the molecule is CC(C)OC(Cc1cc2c(c(CNC(=O)c3ccc(Cl)cc3F)c1)OCC2)C(=O)O. The number of carboxylic acid groups (broad SMARTS) is 1. The Morgan fingerprint density at radius 1 is 1.30 bits per heavy atom. The molecular formula is C22H23ClFNO5. The Bertz CT molecular complexity index is 963. The van der Waals surface area contributed by atoms with Gasteiger partial charge in [-0.2, -0.15) is 0 Å². The standard InChI is InChI=1S/C22H23ClFNO5/c1-12(2)30-19(22(27)28)9-13-7-14-5-6-29-20(14)15(8-13)11-25-21(26)17-4-3-16(23)10-18(17)24/h3-4,7-8,10,12,19H,5-6,9,11H2,1-2H3,(H,25,26)(H,27,28). The number of benzene rings is 2. The van der Waals surface area contributed by atoms with Crippen LogP contribution in [0.5, 0.6) is 5.75 Å². The fraction of sp³-hybridized carbons (Fsp3) is 0.364. The van der Waals surface area contributed by atoms with Crippen LogP contribution in [0.2, 0.25) is 5.02 Å². The predicted octanol–water partition coefficient (Wildman–Crippen LogP) is 3.76. The van der Waals surface area contributed by atoms with E-state index in [1.807, 2.05) is 6.07 Å². The lowest BCUT2D eigenvalue weighted by Gasteiger charge is -2.18. The van der Waals surface area contributed by atoms with E-state index in [-0.39, 0.29) is 29.7 Å². The molecule has 30 heavy (non-hydrogen) atoms. The summed E-state index contributed by atoms with van der Waals surface area (Å²) >= 11 is 5.73. The summed E-state index contributed by atoms with van der Waals surface area (Å²) in [5, 5.41) is 12.3. The zero-order chi connectivity index (χ0) is 21.8. The van der Waals surface area contributed by atoms with Crippen molar-refractivity contribution in [1.29, 1.82) is 0 Å². The molecule has 0 aromatic heterocycles. The van der Waals surface area contributed by atoms with Crippen molar-refractivity contribution in [2.45, 2.75) is 45.4 Å². The van der Waals surface area contributed by atoms with Crippen LogP contribution in [0.25, 0.3) is 0 Å². The number of fused-ring (bicyclic) bond motifs is 1. The normalized spacial score (nSPS) is 13.6. The highest BCUT2D eigenvalue weighted by Gasteiger charge is 2.24. The first-order chi connectivity index (χ1) is 14.2. The van der Waals surface area contributed by atoms with Crippen LogP contribution in [0.4, 0.5) is 4.39 Å². The monoisotopic (exact) mass is 435 g/mol. The maximum atomic E-state index is 14.0. The number of aliphatic carboxylic acids is 1. The van der Waals surface area contributed by atoms with Crippen molar-refractivity contribution in [3.63, 3.8) is 0 Å². The summed E-state index contributed by atoms with van der Waals surface area (Å²) in [5.41, 5.74) is 2.32. The quantitative estimate of drug-likeness (QED) is 0.659. The number of halogens is 2. The van der Waals surface area contributed by atoms with Crippen molar-refractivity contribution in [1.82, 2.24) is 5.32 Å². The number of hydrogen-bond donors (Lipinski definition) is 2. The van der Waals surface area contributed by atoms with E-state index in [1.54, 1.807) is 19.9 Å². The fourth-order valence-electron chi connectivity index (χ4n) is 3.39. The zero-order valence-electron chi connectivity index (χ0n) is 16.7. The molecule has 0 bridgehead atoms. The average molecular weight is 436 g/mol. The molecule has 0 aliphatic carbocycles. The van der Waals surface area contributed by atoms with Gasteiger partial charge in [-0.05, 0) is 43.2 Å². The Labute approximate surface area is 178 Å². The topological polar surface area (TPSA) is 84.9 Å². The van der Waals surface area contributed by atoms with E-state index in [0.717, 1.165) is 17.2 Å². The third-order valence-corrected chi connectivity index (χ3v) is 4.90. The molecule has 160 valence electrons. The maximum Gasteiger partial charge on any atom is 0.333 e. The molecule has 2 aromatic rings. The first-order valence-corrected chi connectivity index (χ1v) is 10.0. The van der Waals surface area contributed by atoms with Gasteiger partial charge in [-0.15, -0.1) is 0 Å². The Morgan fingerprint density at radius 2 is 2.07 bits per heavy atom. The van der Waals surface area contributed by atoms with Crippen molar-refractivity contribution in [2.24, 2.45) is 0 Å². The largest absolute Gasteiger partial charge is 0.493 e. The molecule has 3 rings (SSSR count). The van der Waals surface area contributed by atoms with Gasteiger partial charge in [0.2, 0.25) is 0 Å². The van der Waals surface area contributed by atoms with Gasteiger partial charge in [-0.3, -0.25) is 4.79 Å². The predicted molar refractivity (Wildman–Crippen MR) is 110 cm³/mol. The minimum absolute atomic E-state index is 0.107. The van der Waals surface area contributed by atoms with Gasteiger partial charge in [0.05, 0.1) is 18.3 Å². The maximum absolute atomic E-state index is 14.0. The van der Waals surface area contributed by atoms with E-state index in [4.69, 9.17) is 21.1 Å². The third kappa shape index (κ3) is 5.29. The summed E-state index contributed by atoms with van der Waals surface area (Å²) < 4.78 is 25.2. The summed E-state index contributed by atoms with van der Waals surface area (Å²) in [6.07, 6.45) is -0.320. The molecule has 2 aromatic carbocycles. The Balaban J connectivity index is 1.79. The van der Waals surface area contributed by atoms with Crippen LogP contribution in [-0.4, -0.2) is 35.8 Å². The third-order valence-electron chi connectivity index (χ3n) is 4.67. The number of carboxylic acids is 1. The van der Waals surface area contributed by atoms with Crippen LogP contribution >= 0.6 is 11.6 Å². The highest BCUT2D eigenvalue weighted by molar-refractivity contribution is 6.30. The molecule has 1 unspecified atom stereocenters. The second kappa shape index (κ2) is 9.45. The van der Waals surface area contributed by atoms with Crippen LogP contribution in [0.15, 0.2) is 30.3 Å². The van der Waals surface area contributed by atoms with E-state index in [0.29, 0.717) is 24.3 Å². The Kier molecular flexibility index (Phi) is 6.95. The van der Waals surface area contributed by atoms with Crippen LogP contribution in [-0.2, 0) is 28.9 Å². The zero-order valence-corrected chi connectivity index (χ0v) is 17.5. The highest BCUT2D eigenvalue weighted by atomic mass is 35.5. The van der Waals surface area contributed by atoms with Crippen LogP contribution in [0, 0.1) is 5.82 Å². The smallest absolute Gasteiger partial charge is 0.333 e. The molecule has 1 amide bonds. The Hall–Kier alpha value is -2.64. The van der Waals surface area contributed by atoms with E-state index < -0.39 is 23.8 Å². The molecule has 0 spiro atoms. The summed E-state index contributed by atoms with van der Waals surface area (Å²) in [5.74, 6) is -1.64. The van der Waals surface area contributed by atoms with E-state index in [1.165, 1.54) is 12.1 Å². The van der Waals surface area contributed by atoms with Crippen molar-refractivity contribution >= 4 is 23.5 Å². The molecule has 0 radical (unpaired) electrons. The van der Waals surface area contributed by atoms with Crippen molar-refractivity contribution in [3.8, 4) is 5.75 Å². The van der Waals surface area contributed by atoms with Crippen molar-refractivity contribution in [3.05, 3.63) is 63.4 Å². The highest BCUT2D eigenvalue weighted by Crippen LogP contribution is 2.32. The molecule has 0 fully saturated rings. The number of hydrogen-bond acceptors (Lipinski definition) is 4. The first-order valence-electron chi connectivity index (χ1n) is 9.63. The van der Waals surface area contributed by atoms with Gasteiger partial charge in [-0.1, -0.05) is 23.7 Å². The number of rotatable bonds is 8. The number of nitrogens with one attached hydrogen (secondary N) is 1.